The Morgan fingerprint density at radius 1 is 1.30 bits per heavy atom. The molecule has 0 aliphatic rings. The van der Waals surface area contributed by atoms with E-state index in [4.69, 9.17) is 10.5 Å². The predicted octanol–water partition coefficient (Wildman–Crippen LogP) is 3.50. The average Bonchev–Trinajstić information content (AvgIpc) is 2.76. The van der Waals surface area contributed by atoms with Gasteiger partial charge in [0.05, 0.1) is 6.61 Å². The van der Waals surface area contributed by atoms with E-state index in [0.717, 1.165) is 26.0 Å². The number of hydrogen-bond donors (Lipinski definition) is 1. The van der Waals surface area contributed by atoms with Gasteiger partial charge in [-0.2, -0.15) is 0 Å². The first kappa shape index (κ1) is 17.6. The van der Waals surface area contributed by atoms with Gasteiger partial charge in [0, 0.05) is 42.0 Å². The van der Waals surface area contributed by atoms with Crippen molar-refractivity contribution in [2.24, 2.45) is 5.73 Å². The quantitative estimate of drug-likeness (QED) is 0.758. The molecule has 20 heavy (non-hydrogen) atoms. The molecule has 0 aliphatic carbocycles. The molecule has 0 radical (unpaired) electrons. The second kappa shape index (κ2) is 8.78. The van der Waals surface area contributed by atoms with Crippen LogP contribution in [0.2, 0.25) is 0 Å². The Labute approximate surface area is 128 Å². The molecule has 0 amide bonds. The van der Waals surface area contributed by atoms with Crippen molar-refractivity contribution >= 4 is 11.3 Å². The van der Waals surface area contributed by atoms with Crippen molar-refractivity contribution in [1.82, 2.24) is 4.90 Å². The van der Waals surface area contributed by atoms with Crippen LogP contribution in [0.25, 0.3) is 0 Å². The fourth-order valence-corrected chi connectivity index (χ4v) is 3.95. The van der Waals surface area contributed by atoms with Crippen LogP contribution in [0.5, 0.6) is 0 Å². The van der Waals surface area contributed by atoms with E-state index in [1.807, 2.05) is 11.3 Å². The highest BCUT2D eigenvalue weighted by Gasteiger charge is 2.26. The molecule has 0 aromatic carbocycles. The molecule has 0 aliphatic heterocycles. The molecular formula is C16H30N2OS. The van der Waals surface area contributed by atoms with Crippen LogP contribution in [0.3, 0.4) is 0 Å². The third-order valence-electron chi connectivity index (χ3n) is 4.03. The van der Waals surface area contributed by atoms with Crippen molar-refractivity contribution in [2.45, 2.75) is 52.6 Å². The standard InChI is InChI=1S/C16H30N2OS/c1-6-14(7-2)18(8-9-19-5)16(11-17)15-10-12(3)20-13(15)4/h10,14,16H,6-9,11,17H2,1-5H3. The molecule has 1 aromatic heterocycles. The van der Waals surface area contributed by atoms with Crippen molar-refractivity contribution in [3.05, 3.63) is 21.4 Å². The Hall–Kier alpha value is -0.420. The Morgan fingerprint density at radius 2 is 1.95 bits per heavy atom. The van der Waals surface area contributed by atoms with Crippen molar-refractivity contribution in [1.29, 1.82) is 0 Å². The molecular weight excluding hydrogens is 268 g/mol. The molecule has 1 atom stereocenters. The van der Waals surface area contributed by atoms with Crippen LogP contribution >= 0.6 is 11.3 Å². The number of rotatable bonds is 9. The summed E-state index contributed by atoms with van der Waals surface area (Å²) >= 11 is 1.87. The van der Waals surface area contributed by atoms with Crippen LogP contribution in [0.1, 0.15) is 48.0 Å². The van der Waals surface area contributed by atoms with Gasteiger partial charge in [0.1, 0.15) is 0 Å². The number of nitrogens with two attached hydrogens (primary N) is 1. The van der Waals surface area contributed by atoms with Crippen LogP contribution in [0.4, 0.5) is 0 Å². The maximum Gasteiger partial charge on any atom is 0.0590 e. The second-order valence-electron chi connectivity index (χ2n) is 5.32. The van der Waals surface area contributed by atoms with E-state index < -0.39 is 0 Å². The van der Waals surface area contributed by atoms with Gasteiger partial charge in [-0.05, 0) is 38.3 Å². The molecule has 1 aromatic rings. The van der Waals surface area contributed by atoms with E-state index in [-0.39, 0.29) is 0 Å². The SMILES string of the molecule is CCC(CC)N(CCOC)C(CN)c1cc(C)sc1C. The van der Waals surface area contributed by atoms with Crippen LogP contribution in [0.15, 0.2) is 6.07 Å². The molecule has 2 N–H and O–H groups in total. The lowest BCUT2D eigenvalue weighted by Crippen LogP contribution is -2.43. The van der Waals surface area contributed by atoms with Crippen LogP contribution < -0.4 is 5.73 Å². The van der Waals surface area contributed by atoms with Gasteiger partial charge in [-0.1, -0.05) is 13.8 Å². The number of nitrogens with zero attached hydrogens (tertiary/aromatic N) is 1. The fraction of sp³-hybridized carbons (Fsp3) is 0.750. The van der Waals surface area contributed by atoms with Gasteiger partial charge < -0.3 is 10.5 Å². The number of thiophene rings is 1. The van der Waals surface area contributed by atoms with E-state index in [1.165, 1.54) is 15.3 Å². The van der Waals surface area contributed by atoms with Gasteiger partial charge in [0.2, 0.25) is 0 Å². The van der Waals surface area contributed by atoms with Gasteiger partial charge in [-0.3, -0.25) is 4.90 Å². The zero-order chi connectivity index (χ0) is 15.1. The van der Waals surface area contributed by atoms with E-state index in [0.29, 0.717) is 18.6 Å². The number of ether oxygens (including phenoxy) is 1. The van der Waals surface area contributed by atoms with E-state index in [9.17, 15) is 0 Å². The fourth-order valence-electron chi connectivity index (χ4n) is 2.97. The Morgan fingerprint density at radius 3 is 2.35 bits per heavy atom. The van der Waals surface area contributed by atoms with E-state index >= 15 is 0 Å². The van der Waals surface area contributed by atoms with Crippen molar-refractivity contribution < 1.29 is 4.74 Å². The molecule has 0 saturated carbocycles. The number of hydrogen-bond acceptors (Lipinski definition) is 4. The summed E-state index contributed by atoms with van der Waals surface area (Å²) < 4.78 is 5.30. The minimum Gasteiger partial charge on any atom is -0.383 e. The molecule has 4 heteroatoms. The Bertz CT molecular complexity index is 388. The average molecular weight is 298 g/mol. The van der Waals surface area contributed by atoms with Crippen LogP contribution in [-0.4, -0.2) is 37.7 Å². The molecule has 3 nitrogen and oxygen atoms in total. The van der Waals surface area contributed by atoms with Gasteiger partial charge in [-0.25, -0.2) is 0 Å². The third-order valence-corrected chi connectivity index (χ3v) is 5.01. The van der Waals surface area contributed by atoms with Gasteiger partial charge in [0.25, 0.3) is 0 Å². The second-order valence-corrected chi connectivity index (χ2v) is 6.78. The summed E-state index contributed by atoms with van der Waals surface area (Å²) in [5.74, 6) is 0. The normalized spacial score (nSPS) is 13.4. The predicted molar refractivity (Wildman–Crippen MR) is 88.5 cm³/mol. The smallest absolute Gasteiger partial charge is 0.0590 e. The lowest BCUT2D eigenvalue weighted by atomic mass is 10.0. The minimum absolute atomic E-state index is 0.306. The maximum atomic E-state index is 6.12. The van der Waals surface area contributed by atoms with Crippen molar-refractivity contribution in [3.63, 3.8) is 0 Å². The monoisotopic (exact) mass is 298 g/mol. The molecule has 116 valence electrons. The van der Waals surface area contributed by atoms with Crippen LogP contribution in [-0.2, 0) is 4.74 Å². The van der Waals surface area contributed by atoms with Crippen molar-refractivity contribution in [2.75, 3.05) is 26.8 Å². The first-order valence-corrected chi connectivity index (χ1v) is 8.42. The van der Waals surface area contributed by atoms with Gasteiger partial charge >= 0.3 is 0 Å². The van der Waals surface area contributed by atoms with Crippen molar-refractivity contribution in [3.8, 4) is 0 Å². The largest absolute Gasteiger partial charge is 0.383 e. The lowest BCUT2D eigenvalue weighted by molar-refractivity contribution is 0.0816. The summed E-state index contributed by atoms with van der Waals surface area (Å²) in [7, 11) is 1.77. The highest BCUT2D eigenvalue weighted by Crippen LogP contribution is 2.31. The topological polar surface area (TPSA) is 38.5 Å². The third kappa shape index (κ3) is 4.29. The van der Waals surface area contributed by atoms with E-state index in [1.54, 1.807) is 7.11 Å². The van der Waals surface area contributed by atoms with Gasteiger partial charge in [-0.15, -0.1) is 11.3 Å². The number of methoxy groups -OCH3 is 1. The first-order valence-electron chi connectivity index (χ1n) is 7.60. The molecule has 1 rings (SSSR count). The summed E-state index contributed by atoms with van der Waals surface area (Å²) in [5, 5.41) is 0. The molecule has 0 bridgehead atoms. The first-order chi connectivity index (χ1) is 9.58. The zero-order valence-corrected chi connectivity index (χ0v) is 14.4. The summed E-state index contributed by atoms with van der Waals surface area (Å²) in [6.07, 6.45) is 2.30. The summed E-state index contributed by atoms with van der Waals surface area (Å²) in [5.41, 5.74) is 7.53. The lowest BCUT2D eigenvalue weighted by Gasteiger charge is -2.37. The Kier molecular flexibility index (Phi) is 7.74. The van der Waals surface area contributed by atoms with Gasteiger partial charge in [0.15, 0.2) is 0 Å². The zero-order valence-electron chi connectivity index (χ0n) is 13.6. The van der Waals surface area contributed by atoms with Crippen LogP contribution in [0, 0.1) is 13.8 Å². The molecule has 1 heterocycles. The molecule has 0 saturated heterocycles. The maximum absolute atomic E-state index is 6.12. The van der Waals surface area contributed by atoms with E-state index in [2.05, 4.69) is 38.7 Å². The molecule has 1 unspecified atom stereocenters. The molecule has 0 fully saturated rings. The molecule has 0 spiro atoms. The summed E-state index contributed by atoms with van der Waals surface area (Å²) in [6, 6.07) is 3.18. The summed E-state index contributed by atoms with van der Waals surface area (Å²) in [4.78, 5) is 5.30. The number of aryl methyl sites for hydroxylation is 2. The highest BCUT2D eigenvalue weighted by atomic mass is 32.1. The summed E-state index contributed by atoms with van der Waals surface area (Å²) in [6.45, 7) is 11.3. The minimum atomic E-state index is 0.306. The Balaban J connectivity index is 3.03. The highest BCUT2D eigenvalue weighted by molar-refractivity contribution is 7.12.